The van der Waals surface area contributed by atoms with Crippen LogP contribution in [0, 0.1) is 0 Å². The molecule has 0 spiro atoms. The number of hydrogen-bond acceptors (Lipinski definition) is 7. The summed E-state index contributed by atoms with van der Waals surface area (Å²) < 4.78 is 4.43. The van der Waals surface area contributed by atoms with Crippen molar-refractivity contribution in [1.29, 1.82) is 0 Å². The second-order valence-electron chi connectivity index (χ2n) is 3.29. The van der Waals surface area contributed by atoms with E-state index in [1.165, 1.54) is 0 Å². The molecule has 1 rings (SSSR count). The highest BCUT2D eigenvalue weighted by molar-refractivity contribution is 5.79. The maximum Gasteiger partial charge on any atom is 0.341 e. The smallest absolute Gasteiger partial charge is 0.341 e. The Kier molecular flexibility index (Phi) is 3.28. The van der Waals surface area contributed by atoms with E-state index in [-0.39, 0.29) is 0 Å². The van der Waals surface area contributed by atoms with Gasteiger partial charge in [-0.15, -0.1) is 0 Å². The number of ether oxygens (including phenoxy) is 1. The van der Waals surface area contributed by atoms with E-state index in [1.54, 1.807) is 0 Å². The summed E-state index contributed by atoms with van der Waals surface area (Å²) in [6, 6.07) is 0. The minimum absolute atomic E-state index is 1.15. The van der Waals surface area contributed by atoms with Gasteiger partial charge in [0, 0.05) is 0 Å². The lowest BCUT2D eigenvalue weighted by Gasteiger charge is -2.43. The Balaban J connectivity index is 3.04. The molecule has 15 heavy (non-hydrogen) atoms. The Morgan fingerprint density at radius 1 is 1.20 bits per heavy atom. The van der Waals surface area contributed by atoms with Gasteiger partial charge in [0.1, 0.15) is 18.3 Å². The molecular weight excluding hydrogens is 212 g/mol. The van der Waals surface area contributed by atoms with Crippen molar-refractivity contribution in [3.05, 3.63) is 0 Å². The third kappa shape index (κ3) is 1.71. The number of carbonyl (C=O) groups is 1. The second-order valence-corrected chi connectivity index (χ2v) is 3.29. The van der Waals surface area contributed by atoms with Crippen LogP contribution in [0.25, 0.3) is 0 Å². The van der Waals surface area contributed by atoms with Crippen LogP contribution >= 0.6 is 0 Å². The summed E-state index contributed by atoms with van der Waals surface area (Å²) in [5, 5.41) is 54.3. The van der Waals surface area contributed by atoms with Crippen LogP contribution < -0.4 is 0 Å². The number of carboxylic acid groups (broad SMARTS) is 1. The molecule has 8 nitrogen and oxygen atoms in total. The first-order valence-corrected chi connectivity index (χ1v) is 4.11. The average molecular weight is 224 g/mol. The highest BCUT2D eigenvalue weighted by Gasteiger charge is 2.58. The third-order valence-electron chi connectivity index (χ3n) is 2.37. The SMILES string of the molecule is O=C(O)C1(CO)OC(O)C(O)C(O)C1O. The van der Waals surface area contributed by atoms with Gasteiger partial charge >= 0.3 is 5.97 Å². The molecule has 0 radical (unpaired) electrons. The lowest BCUT2D eigenvalue weighted by atomic mass is 9.87. The Bertz CT molecular complexity index is 255. The fraction of sp³-hybridized carbons (Fsp3) is 0.857. The van der Waals surface area contributed by atoms with Crippen LogP contribution in [0.1, 0.15) is 0 Å². The van der Waals surface area contributed by atoms with Crippen molar-refractivity contribution in [2.24, 2.45) is 0 Å². The summed E-state index contributed by atoms with van der Waals surface area (Å²) in [4.78, 5) is 10.8. The minimum Gasteiger partial charge on any atom is -0.479 e. The maximum atomic E-state index is 10.8. The van der Waals surface area contributed by atoms with Gasteiger partial charge < -0.3 is 35.4 Å². The number of aliphatic hydroxyl groups is 5. The van der Waals surface area contributed by atoms with Crippen LogP contribution in [0.4, 0.5) is 0 Å². The number of carboxylic acids is 1. The Morgan fingerprint density at radius 3 is 2.13 bits per heavy atom. The zero-order valence-electron chi connectivity index (χ0n) is 7.52. The van der Waals surface area contributed by atoms with Crippen molar-refractivity contribution in [2.75, 3.05) is 6.61 Å². The van der Waals surface area contributed by atoms with Crippen molar-refractivity contribution in [1.82, 2.24) is 0 Å². The van der Waals surface area contributed by atoms with Crippen LogP contribution in [0.5, 0.6) is 0 Å². The van der Waals surface area contributed by atoms with E-state index in [9.17, 15) is 15.0 Å². The molecule has 0 bridgehead atoms. The molecular formula is C7H12O8. The number of rotatable bonds is 2. The first kappa shape index (κ1) is 12.3. The molecule has 0 aromatic heterocycles. The number of hydrogen-bond donors (Lipinski definition) is 6. The van der Waals surface area contributed by atoms with Crippen LogP contribution in [0.2, 0.25) is 0 Å². The zero-order chi connectivity index (χ0) is 11.8. The Labute approximate surface area is 84.0 Å². The first-order valence-electron chi connectivity index (χ1n) is 4.11. The molecule has 0 aliphatic carbocycles. The van der Waals surface area contributed by atoms with E-state index in [0.717, 1.165) is 0 Å². The summed E-state index contributed by atoms with van der Waals surface area (Å²) >= 11 is 0. The Morgan fingerprint density at radius 2 is 1.73 bits per heavy atom. The maximum absolute atomic E-state index is 10.8. The van der Waals surface area contributed by atoms with Crippen LogP contribution in [-0.2, 0) is 9.53 Å². The van der Waals surface area contributed by atoms with Gasteiger partial charge in [0.05, 0.1) is 6.61 Å². The second kappa shape index (κ2) is 4.00. The molecule has 1 saturated heterocycles. The van der Waals surface area contributed by atoms with Crippen LogP contribution in [0.15, 0.2) is 0 Å². The molecule has 1 aliphatic heterocycles. The fourth-order valence-electron chi connectivity index (χ4n) is 1.36. The van der Waals surface area contributed by atoms with E-state index >= 15 is 0 Å². The molecule has 5 atom stereocenters. The summed E-state index contributed by atoms with van der Waals surface area (Å²) in [5.74, 6) is -1.75. The van der Waals surface area contributed by atoms with Crippen LogP contribution in [-0.4, -0.2) is 73.4 Å². The van der Waals surface area contributed by atoms with E-state index in [0.29, 0.717) is 0 Å². The molecule has 8 heteroatoms. The van der Waals surface area contributed by atoms with Crippen molar-refractivity contribution in [3.8, 4) is 0 Å². The van der Waals surface area contributed by atoms with E-state index < -0.39 is 42.8 Å². The first-order chi connectivity index (χ1) is 6.86. The molecule has 6 N–H and O–H groups in total. The monoisotopic (exact) mass is 224 g/mol. The highest BCUT2D eigenvalue weighted by Crippen LogP contribution is 2.29. The average Bonchev–Trinajstić information content (AvgIpc) is 2.20. The van der Waals surface area contributed by atoms with Gasteiger partial charge in [-0.25, -0.2) is 4.79 Å². The predicted molar refractivity (Wildman–Crippen MR) is 42.6 cm³/mol. The summed E-state index contributed by atoms with van der Waals surface area (Å²) in [6.07, 6.45) is -7.79. The molecule has 0 saturated carbocycles. The molecule has 1 heterocycles. The van der Waals surface area contributed by atoms with Crippen molar-refractivity contribution >= 4 is 5.97 Å². The van der Waals surface area contributed by atoms with E-state index in [2.05, 4.69) is 4.74 Å². The quantitative estimate of drug-likeness (QED) is 0.280. The molecule has 88 valence electrons. The van der Waals surface area contributed by atoms with Gasteiger partial charge in [-0.1, -0.05) is 0 Å². The van der Waals surface area contributed by atoms with Crippen molar-refractivity contribution in [2.45, 2.75) is 30.2 Å². The van der Waals surface area contributed by atoms with Crippen LogP contribution in [0.3, 0.4) is 0 Å². The predicted octanol–water partition coefficient (Wildman–Crippen LogP) is -3.77. The molecule has 5 unspecified atom stereocenters. The normalized spacial score (nSPS) is 46.5. The third-order valence-corrected chi connectivity index (χ3v) is 2.37. The highest BCUT2D eigenvalue weighted by atomic mass is 16.7. The number of aliphatic hydroxyl groups excluding tert-OH is 5. The summed E-state index contributed by atoms with van der Waals surface area (Å²) in [6.45, 7) is -1.15. The van der Waals surface area contributed by atoms with Gasteiger partial charge in [0.15, 0.2) is 6.29 Å². The van der Waals surface area contributed by atoms with Gasteiger partial charge in [-0.2, -0.15) is 0 Å². The zero-order valence-corrected chi connectivity index (χ0v) is 7.52. The number of aliphatic carboxylic acids is 1. The van der Waals surface area contributed by atoms with E-state index in [1.807, 2.05) is 0 Å². The van der Waals surface area contributed by atoms with Gasteiger partial charge in [0.2, 0.25) is 5.60 Å². The summed E-state index contributed by atoms with van der Waals surface area (Å²) in [7, 11) is 0. The summed E-state index contributed by atoms with van der Waals surface area (Å²) in [5.41, 5.74) is -2.53. The van der Waals surface area contributed by atoms with Gasteiger partial charge in [-0.3, -0.25) is 0 Å². The van der Waals surface area contributed by atoms with Crippen molar-refractivity contribution in [3.63, 3.8) is 0 Å². The molecule has 1 aliphatic rings. The van der Waals surface area contributed by atoms with Gasteiger partial charge in [0.25, 0.3) is 0 Å². The molecule has 0 aromatic rings. The molecule has 1 fully saturated rings. The topological polar surface area (TPSA) is 148 Å². The minimum atomic E-state index is -2.53. The molecule has 0 amide bonds. The fourth-order valence-corrected chi connectivity index (χ4v) is 1.36. The lowest BCUT2D eigenvalue weighted by molar-refractivity contribution is -0.320. The standard InChI is InChI=1S/C7H12O8/c8-1-7(6(13)14)4(11)2(9)3(10)5(12)15-7/h2-5,8-12H,1H2,(H,13,14). The molecule has 0 aromatic carbocycles. The largest absolute Gasteiger partial charge is 0.479 e. The Hall–Kier alpha value is -0.770. The van der Waals surface area contributed by atoms with Gasteiger partial charge in [-0.05, 0) is 0 Å². The van der Waals surface area contributed by atoms with Crippen molar-refractivity contribution < 1.29 is 40.2 Å². The van der Waals surface area contributed by atoms with E-state index in [4.69, 9.17) is 20.4 Å². The lowest BCUT2D eigenvalue weighted by Crippen LogP contribution is -2.69.